The molecule has 2 heterocycles. The molecule has 0 unspecified atom stereocenters. The van der Waals surface area contributed by atoms with E-state index in [2.05, 4.69) is 21.1 Å². The van der Waals surface area contributed by atoms with E-state index >= 15 is 0 Å². The van der Waals surface area contributed by atoms with Crippen molar-refractivity contribution in [3.8, 4) is 5.75 Å². The van der Waals surface area contributed by atoms with Crippen LogP contribution in [-0.2, 0) is 4.74 Å². The van der Waals surface area contributed by atoms with Gasteiger partial charge < -0.3 is 39.7 Å². The highest BCUT2D eigenvalue weighted by Gasteiger charge is 2.31. The van der Waals surface area contributed by atoms with Crippen molar-refractivity contribution in [2.24, 2.45) is 5.92 Å². The number of carbonyl (C=O) groups is 3. The fourth-order valence-electron chi connectivity index (χ4n) is 4.84. The maximum absolute atomic E-state index is 13.6. The molecule has 1 aliphatic rings. The number of carbonyl (C=O) groups excluding carboxylic acids is 3. The average Bonchev–Trinajstić information content (AvgIpc) is 3.28. The van der Waals surface area contributed by atoms with Crippen molar-refractivity contribution >= 4 is 35.0 Å². The highest BCUT2D eigenvalue weighted by molar-refractivity contribution is 6.02. The van der Waals surface area contributed by atoms with E-state index in [1.54, 1.807) is 51.1 Å². The van der Waals surface area contributed by atoms with Crippen LogP contribution in [0.5, 0.6) is 5.75 Å². The van der Waals surface area contributed by atoms with Gasteiger partial charge in [0.15, 0.2) is 5.76 Å². The van der Waals surface area contributed by atoms with E-state index in [4.69, 9.17) is 14.0 Å². The molecule has 3 atom stereocenters. The Morgan fingerprint density at radius 1 is 1.05 bits per heavy atom. The molecule has 230 valence electrons. The molecule has 1 aliphatic heterocycles. The van der Waals surface area contributed by atoms with Gasteiger partial charge in [0, 0.05) is 44.5 Å². The van der Waals surface area contributed by atoms with Gasteiger partial charge in [-0.25, -0.2) is 14.0 Å². The summed E-state index contributed by atoms with van der Waals surface area (Å²) in [6.45, 7) is 7.92. The lowest BCUT2D eigenvalue weighted by Crippen LogP contribution is -2.50. The number of fused-ring (bicyclic) bond motifs is 1. The Morgan fingerprint density at radius 3 is 2.42 bits per heavy atom. The van der Waals surface area contributed by atoms with Gasteiger partial charge in [-0.3, -0.25) is 4.79 Å². The van der Waals surface area contributed by atoms with E-state index in [1.165, 1.54) is 29.2 Å². The summed E-state index contributed by atoms with van der Waals surface area (Å²) in [7, 11) is 3.22. The number of nitrogens with one attached hydrogen (secondary N) is 3. The van der Waals surface area contributed by atoms with Crippen LogP contribution in [0.4, 0.5) is 31.0 Å². The van der Waals surface area contributed by atoms with Crippen molar-refractivity contribution < 1.29 is 32.8 Å². The Morgan fingerprint density at radius 2 is 1.77 bits per heavy atom. The van der Waals surface area contributed by atoms with Crippen molar-refractivity contribution in [1.29, 1.82) is 0 Å². The number of methoxy groups -OCH3 is 1. The fraction of sp³-hybridized carbons (Fsp3) is 0.400. The first-order chi connectivity index (χ1) is 20.5. The maximum Gasteiger partial charge on any atom is 0.323 e. The van der Waals surface area contributed by atoms with Crippen LogP contribution >= 0.6 is 0 Å². The van der Waals surface area contributed by atoms with Crippen LogP contribution in [0.25, 0.3) is 0 Å². The van der Waals surface area contributed by atoms with Crippen molar-refractivity contribution in [3.05, 3.63) is 65.3 Å². The summed E-state index contributed by atoms with van der Waals surface area (Å²) in [5.74, 6) is -0.194. The molecule has 0 saturated carbocycles. The van der Waals surface area contributed by atoms with Gasteiger partial charge in [-0.05, 0) is 57.2 Å². The van der Waals surface area contributed by atoms with Crippen molar-refractivity contribution in [2.75, 3.05) is 49.8 Å². The first-order valence-electron chi connectivity index (χ1n) is 13.9. The zero-order valence-electron chi connectivity index (χ0n) is 25.1. The zero-order chi connectivity index (χ0) is 31.3. The molecule has 0 aliphatic carbocycles. The number of nitrogens with zero attached hydrogens (tertiary/aromatic N) is 3. The van der Waals surface area contributed by atoms with Crippen molar-refractivity contribution in [2.45, 2.75) is 39.8 Å². The SMILES string of the molecule is CO[C@H]1CN(C)C(=O)c2cc(NC(=O)Nc3cccc(F)c3)ccc2OC[C@H](C)N(C(=O)Nc2c(C)noc2C)C[C@@H]1C. The fourth-order valence-corrected chi connectivity index (χ4v) is 4.84. The summed E-state index contributed by atoms with van der Waals surface area (Å²) < 4.78 is 30.6. The second-order valence-corrected chi connectivity index (χ2v) is 10.7. The highest BCUT2D eigenvalue weighted by Crippen LogP contribution is 2.27. The smallest absolute Gasteiger partial charge is 0.323 e. The number of anilines is 3. The molecule has 0 fully saturated rings. The number of benzene rings is 2. The predicted molar refractivity (Wildman–Crippen MR) is 159 cm³/mol. The molecule has 2 aromatic carbocycles. The van der Waals surface area contributed by atoms with Gasteiger partial charge in [-0.2, -0.15) is 0 Å². The molecule has 12 nitrogen and oxygen atoms in total. The van der Waals surface area contributed by atoms with Gasteiger partial charge in [0.25, 0.3) is 5.91 Å². The third kappa shape index (κ3) is 7.60. The lowest BCUT2D eigenvalue weighted by Gasteiger charge is -2.36. The van der Waals surface area contributed by atoms with E-state index in [9.17, 15) is 18.8 Å². The standard InChI is InChI=1S/C30H37FN6O6/c1-17-14-37(30(40)34-27-19(3)35-43-20(27)4)18(2)16-42-25-11-10-23(13-24(25)28(38)36(5)15-26(17)41-6)33-29(39)32-22-9-7-8-21(31)12-22/h7-13,17-18,26H,14-16H2,1-6H3,(H,34,40)(H2,32,33,39)/t17-,18-,26-/m0/s1. The topological polar surface area (TPSA) is 138 Å². The average molecular weight is 597 g/mol. The number of aryl methyl sites for hydroxylation is 2. The lowest BCUT2D eigenvalue weighted by molar-refractivity contribution is 0.0174. The zero-order valence-corrected chi connectivity index (χ0v) is 25.1. The van der Waals surface area contributed by atoms with Crippen molar-refractivity contribution in [3.63, 3.8) is 0 Å². The Balaban J connectivity index is 1.59. The first kappa shape index (κ1) is 31.3. The van der Waals surface area contributed by atoms with Gasteiger partial charge in [-0.1, -0.05) is 18.1 Å². The quantitative estimate of drug-likeness (QED) is 0.380. The Kier molecular flexibility index (Phi) is 9.86. The van der Waals surface area contributed by atoms with Gasteiger partial charge in [0.2, 0.25) is 0 Å². The molecule has 3 aromatic rings. The number of hydrogen-bond acceptors (Lipinski definition) is 7. The Labute approximate surface area is 249 Å². The summed E-state index contributed by atoms with van der Waals surface area (Å²) in [6, 6.07) is 8.83. The molecule has 0 spiro atoms. The molecule has 0 saturated heterocycles. The van der Waals surface area contributed by atoms with Crippen LogP contribution in [0, 0.1) is 25.6 Å². The number of halogens is 1. The third-order valence-corrected chi connectivity index (χ3v) is 7.31. The Bertz CT molecular complexity index is 1460. The molecule has 3 N–H and O–H groups in total. The minimum absolute atomic E-state index is 0.0796. The Hall–Kier alpha value is -4.65. The minimum atomic E-state index is -0.609. The van der Waals surface area contributed by atoms with Gasteiger partial charge in [0.05, 0.1) is 17.7 Å². The molecule has 0 bridgehead atoms. The van der Waals surface area contributed by atoms with Gasteiger partial charge >= 0.3 is 12.1 Å². The van der Waals surface area contributed by atoms with Crippen LogP contribution in [0.1, 0.15) is 35.7 Å². The largest absolute Gasteiger partial charge is 0.491 e. The summed E-state index contributed by atoms with van der Waals surface area (Å²) in [5, 5.41) is 12.1. The third-order valence-electron chi connectivity index (χ3n) is 7.31. The molecule has 5 amide bonds. The van der Waals surface area contributed by atoms with Gasteiger partial charge in [-0.15, -0.1) is 0 Å². The van der Waals surface area contributed by atoms with Crippen LogP contribution in [0.2, 0.25) is 0 Å². The number of likely N-dealkylation sites (N-methyl/N-ethyl adjacent to an activating group) is 1. The number of urea groups is 2. The first-order valence-corrected chi connectivity index (χ1v) is 13.9. The van der Waals surface area contributed by atoms with Crippen LogP contribution in [0.15, 0.2) is 47.0 Å². The summed E-state index contributed by atoms with van der Waals surface area (Å²) in [5.41, 5.74) is 1.90. The minimum Gasteiger partial charge on any atom is -0.491 e. The molecular weight excluding hydrogens is 559 g/mol. The van der Waals surface area contributed by atoms with Crippen molar-refractivity contribution in [1.82, 2.24) is 15.0 Å². The second-order valence-electron chi connectivity index (χ2n) is 10.7. The monoisotopic (exact) mass is 596 g/mol. The maximum atomic E-state index is 13.6. The molecule has 1 aromatic heterocycles. The summed E-state index contributed by atoms with van der Waals surface area (Å²) in [6.07, 6.45) is -0.391. The number of rotatable bonds is 4. The molecule has 13 heteroatoms. The second kappa shape index (κ2) is 13.6. The predicted octanol–water partition coefficient (Wildman–Crippen LogP) is 5.11. The van der Waals surface area contributed by atoms with E-state index in [-0.39, 0.29) is 48.0 Å². The normalized spacial score (nSPS) is 19.4. The van der Waals surface area contributed by atoms with Crippen LogP contribution in [-0.4, -0.2) is 78.9 Å². The van der Waals surface area contributed by atoms with E-state index in [0.29, 0.717) is 29.4 Å². The van der Waals surface area contributed by atoms with Gasteiger partial charge in [0.1, 0.15) is 29.6 Å². The summed E-state index contributed by atoms with van der Waals surface area (Å²) >= 11 is 0. The van der Waals surface area contributed by atoms with E-state index < -0.39 is 24.0 Å². The highest BCUT2D eigenvalue weighted by atomic mass is 19.1. The molecule has 43 heavy (non-hydrogen) atoms. The lowest BCUT2D eigenvalue weighted by atomic mass is 10.0. The molecule has 4 rings (SSSR count). The molecule has 0 radical (unpaired) electrons. The van der Waals surface area contributed by atoms with Crippen LogP contribution < -0.4 is 20.7 Å². The molecular formula is C30H37FN6O6. The van der Waals surface area contributed by atoms with Crippen LogP contribution in [0.3, 0.4) is 0 Å². The number of aromatic nitrogens is 1. The number of amides is 5. The van der Waals surface area contributed by atoms with E-state index in [0.717, 1.165) is 0 Å². The summed E-state index contributed by atoms with van der Waals surface area (Å²) in [4.78, 5) is 42.9. The number of ether oxygens (including phenoxy) is 2. The number of hydrogen-bond donors (Lipinski definition) is 3. The van der Waals surface area contributed by atoms with E-state index in [1.807, 2.05) is 13.8 Å².